The first-order valence-corrected chi connectivity index (χ1v) is 12.6. The van der Waals surface area contributed by atoms with Crippen molar-refractivity contribution < 1.29 is 23.5 Å². The summed E-state index contributed by atoms with van der Waals surface area (Å²) in [6, 6.07) is 17.8. The number of carbonyl (C=O) groups excluding carboxylic acids is 2. The Bertz CT molecular complexity index is 1230. The molecule has 7 heteroatoms. The van der Waals surface area contributed by atoms with Gasteiger partial charge in [-0.2, -0.15) is 0 Å². The Morgan fingerprint density at radius 1 is 1.00 bits per heavy atom. The van der Waals surface area contributed by atoms with Crippen LogP contribution < -0.4 is 4.74 Å². The molecule has 0 radical (unpaired) electrons. The minimum Gasteiger partial charge on any atom is -0.486 e. The number of aryl methyl sites for hydroxylation is 1. The maximum absolute atomic E-state index is 12.8. The highest BCUT2D eigenvalue weighted by atomic mass is 16.5. The van der Waals surface area contributed by atoms with E-state index in [1.807, 2.05) is 24.0 Å². The predicted octanol–water partition coefficient (Wildman–Crippen LogP) is 4.52. The molecule has 2 aliphatic rings. The Labute approximate surface area is 211 Å². The topological polar surface area (TPSA) is 72.2 Å². The average Bonchev–Trinajstić information content (AvgIpc) is 3.40. The molecule has 0 bridgehead atoms. The molecular formula is C29H32N2O5. The minimum absolute atomic E-state index is 0.125. The molecule has 3 heterocycles. The first-order chi connectivity index (χ1) is 17.5. The summed E-state index contributed by atoms with van der Waals surface area (Å²) in [5.41, 5.74) is 4.60. The quantitative estimate of drug-likeness (QED) is 0.510. The molecule has 36 heavy (non-hydrogen) atoms. The van der Waals surface area contributed by atoms with Crippen molar-refractivity contribution in [3.63, 3.8) is 0 Å². The highest BCUT2D eigenvalue weighted by Crippen LogP contribution is 2.37. The third-order valence-electron chi connectivity index (χ3n) is 6.91. The van der Waals surface area contributed by atoms with Gasteiger partial charge in [0, 0.05) is 26.1 Å². The van der Waals surface area contributed by atoms with Crippen LogP contribution >= 0.6 is 0 Å². The third-order valence-corrected chi connectivity index (χ3v) is 6.91. The molecule has 1 fully saturated rings. The van der Waals surface area contributed by atoms with Crippen molar-refractivity contribution in [1.29, 1.82) is 0 Å². The van der Waals surface area contributed by atoms with Gasteiger partial charge in [-0.05, 0) is 54.3 Å². The Morgan fingerprint density at radius 3 is 2.53 bits per heavy atom. The van der Waals surface area contributed by atoms with Crippen molar-refractivity contribution in [2.75, 3.05) is 32.8 Å². The molecule has 1 saturated heterocycles. The fourth-order valence-corrected chi connectivity index (χ4v) is 4.91. The van der Waals surface area contributed by atoms with Gasteiger partial charge in [0.1, 0.15) is 18.1 Å². The van der Waals surface area contributed by atoms with Crippen LogP contribution in [0.4, 0.5) is 0 Å². The molecule has 1 unspecified atom stereocenters. The monoisotopic (exact) mass is 488 g/mol. The van der Waals surface area contributed by atoms with E-state index >= 15 is 0 Å². The molecular weight excluding hydrogens is 456 g/mol. The SMILES string of the molecule is CCC(=O)N1CCc2ccc(OCc3ccc(C(=O)N4CCOCC4)o3)cc2C1c1ccc(C)cc1. The van der Waals surface area contributed by atoms with E-state index in [0.29, 0.717) is 56.5 Å². The lowest BCUT2D eigenvalue weighted by Crippen LogP contribution is -2.40. The Morgan fingerprint density at radius 2 is 1.78 bits per heavy atom. The number of rotatable bonds is 6. The van der Waals surface area contributed by atoms with Crippen LogP contribution in [0.25, 0.3) is 0 Å². The highest BCUT2D eigenvalue weighted by Gasteiger charge is 2.31. The van der Waals surface area contributed by atoms with Crippen LogP contribution in [-0.2, 0) is 22.6 Å². The summed E-state index contributed by atoms with van der Waals surface area (Å²) in [7, 11) is 0. The Hall–Kier alpha value is -3.58. The van der Waals surface area contributed by atoms with Crippen LogP contribution in [-0.4, -0.2) is 54.5 Å². The number of carbonyl (C=O) groups is 2. The van der Waals surface area contributed by atoms with Gasteiger partial charge in [-0.3, -0.25) is 9.59 Å². The molecule has 2 aromatic carbocycles. The highest BCUT2D eigenvalue weighted by molar-refractivity contribution is 5.91. The van der Waals surface area contributed by atoms with Crippen molar-refractivity contribution in [3.8, 4) is 5.75 Å². The van der Waals surface area contributed by atoms with E-state index in [1.54, 1.807) is 17.0 Å². The van der Waals surface area contributed by atoms with E-state index in [-0.39, 0.29) is 24.5 Å². The van der Waals surface area contributed by atoms with Crippen LogP contribution in [0.5, 0.6) is 5.75 Å². The Balaban J connectivity index is 1.34. The largest absolute Gasteiger partial charge is 0.486 e. The van der Waals surface area contributed by atoms with E-state index in [1.165, 1.54) is 11.1 Å². The molecule has 2 amide bonds. The fraction of sp³-hybridized carbons (Fsp3) is 0.379. The molecule has 2 aliphatic heterocycles. The molecule has 1 atom stereocenters. The van der Waals surface area contributed by atoms with Gasteiger partial charge in [0.05, 0.1) is 19.3 Å². The van der Waals surface area contributed by atoms with Gasteiger partial charge in [0.15, 0.2) is 5.76 Å². The van der Waals surface area contributed by atoms with Gasteiger partial charge >= 0.3 is 0 Å². The first kappa shape index (κ1) is 24.1. The van der Waals surface area contributed by atoms with Gasteiger partial charge in [-0.25, -0.2) is 0 Å². The van der Waals surface area contributed by atoms with Crippen molar-refractivity contribution in [1.82, 2.24) is 9.80 Å². The maximum Gasteiger partial charge on any atom is 0.289 e. The molecule has 7 nitrogen and oxygen atoms in total. The molecule has 188 valence electrons. The molecule has 0 saturated carbocycles. The number of fused-ring (bicyclic) bond motifs is 1. The fourth-order valence-electron chi connectivity index (χ4n) is 4.91. The second kappa shape index (κ2) is 10.6. The van der Waals surface area contributed by atoms with E-state index in [2.05, 4.69) is 37.3 Å². The number of hydrogen-bond acceptors (Lipinski definition) is 5. The number of ether oxygens (including phenoxy) is 2. The third kappa shape index (κ3) is 5.02. The summed E-state index contributed by atoms with van der Waals surface area (Å²) in [6.07, 6.45) is 1.28. The summed E-state index contributed by atoms with van der Waals surface area (Å²) in [6.45, 7) is 7.11. The van der Waals surface area contributed by atoms with Crippen LogP contribution in [0.1, 0.15) is 58.0 Å². The van der Waals surface area contributed by atoms with Crippen molar-refractivity contribution in [2.45, 2.75) is 39.3 Å². The Kier molecular flexibility index (Phi) is 7.09. The number of benzene rings is 2. The van der Waals surface area contributed by atoms with Gasteiger partial charge < -0.3 is 23.7 Å². The lowest BCUT2D eigenvalue weighted by molar-refractivity contribution is -0.132. The molecule has 3 aromatic rings. The van der Waals surface area contributed by atoms with Gasteiger partial charge in [0.2, 0.25) is 5.91 Å². The number of amides is 2. The molecule has 0 spiro atoms. The van der Waals surface area contributed by atoms with Crippen molar-refractivity contribution in [3.05, 3.63) is 88.4 Å². The zero-order valence-corrected chi connectivity index (χ0v) is 20.9. The zero-order chi connectivity index (χ0) is 25.1. The van der Waals surface area contributed by atoms with Crippen molar-refractivity contribution >= 4 is 11.8 Å². The van der Waals surface area contributed by atoms with Crippen molar-refractivity contribution in [2.24, 2.45) is 0 Å². The van der Waals surface area contributed by atoms with Gasteiger partial charge in [-0.1, -0.05) is 42.8 Å². The summed E-state index contributed by atoms with van der Waals surface area (Å²) in [4.78, 5) is 29.2. The van der Waals surface area contributed by atoms with E-state index in [4.69, 9.17) is 13.9 Å². The van der Waals surface area contributed by atoms with Gasteiger partial charge in [-0.15, -0.1) is 0 Å². The lowest BCUT2D eigenvalue weighted by Gasteiger charge is -2.38. The molecule has 1 aromatic heterocycles. The van der Waals surface area contributed by atoms with E-state index in [0.717, 1.165) is 17.5 Å². The minimum atomic E-state index is -0.147. The van der Waals surface area contributed by atoms with Gasteiger partial charge in [0.25, 0.3) is 5.91 Å². The summed E-state index contributed by atoms with van der Waals surface area (Å²) >= 11 is 0. The normalized spacial score (nSPS) is 17.6. The summed E-state index contributed by atoms with van der Waals surface area (Å²) in [5.74, 6) is 1.62. The standard InChI is InChI=1S/C29H32N2O5/c1-3-27(32)31-13-12-21-8-9-23(18-25(21)28(31)22-6-4-20(2)5-7-22)35-19-24-10-11-26(36-24)29(33)30-14-16-34-17-15-30/h4-11,18,28H,3,12-17,19H2,1-2H3. The first-order valence-electron chi connectivity index (χ1n) is 12.6. The summed E-state index contributed by atoms with van der Waals surface area (Å²) in [5, 5.41) is 0. The molecule has 0 aliphatic carbocycles. The number of hydrogen-bond donors (Lipinski definition) is 0. The summed E-state index contributed by atoms with van der Waals surface area (Å²) < 4.78 is 17.2. The maximum atomic E-state index is 12.8. The zero-order valence-electron chi connectivity index (χ0n) is 20.9. The van der Waals surface area contributed by atoms with E-state index < -0.39 is 0 Å². The van der Waals surface area contributed by atoms with Crippen LogP contribution in [0.3, 0.4) is 0 Å². The van der Waals surface area contributed by atoms with Crippen LogP contribution in [0, 0.1) is 6.92 Å². The number of morpholine rings is 1. The lowest BCUT2D eigenvalue weighted by atomic mass is 9.87. The van der Waals surface area contributed by atoms with Crippen LogP contribution in [0.15, 0.2) is 59.0 Å². The molecule has 0 N–H and O–H groups in total. The predicted molar refractivity (Wildman–Crippen MR) is 135 cm³/mol. The second-order valence-corrected chi connectivity index (χ2v) is 9.32. The molecule has 5 rings (SSSR count). The second-order valence-electron chi connectivity index (χ2n) is 9.32. The van der Waals surface area contributed by atoms with E-state index in [9.17, 15) is 9.59 Å². The van der Waals surface area contributed by atoms with Crippen LogP contribution in [0.2, 0.25) is 0 Å². The smallest absolute Gasteiger partial charge is 0.289 e. The number of furan rings is 1. The number of nitrogens with zero attached hydrogens (tertiary/aromatic N) is 2. The average molecular weight is 489 g/mol.